The highest BCUT2D eigenvalue weighted by Gasteiger charge is 2.35. The first-order valence-corrected chi connectivity index (χ1v) is 9.65. The number of alkyl halides is 2. The average molecular weight is 400 g/mol. The monoisotopic (exact) mass is 400 g/mol. The number of amides is 1. The van der Waals surface area contributed by atoms with E-state index in [-0.39, 0.29) is 61.9 Å². The van der Waals surface area contributed by atoms with E-state index >= 15 is 0 Å². The molecule has 2 fully saturated rings. The summed E-state index contributed by atoms with van der Waals surface area (Å²) in [6.07, 6.45) is 1.81. The smallest absolute Gasteiger partial charge is 0.248 e. The Kier molecular flexibility index (Phi) is 6.32. The lowest BCUT2D eigenvalue weighted by Crippen LogP contribution is -2.41. The molecule has 0 bridgehead atoms. The van der Waals surface area contributed by atoms with Gasteiger partial charge < -0.3 is 20.3 Å². The van der Waals surface area contributed by atoms with Crippen molar-refractivity contribution >= 4 is 11.7 Å². The van der Waals surface area contributed by atoms with Crippen molar-refractivity contribution in [3.05, 3.63) is 17.4 Å². The predicted molar refractivity (Wildman–Crippen MR) is 99.1 cm³/mol. The van der Waals surface area contributed by atoms with Gasteiger partial charge in [0.15, 0.2) is 11.6 Å². The summed E-state index contributed by atoms with van der Waals surface area (Å²) in [6.45, 7) is 0.983. The van der Waals surface area contributed by atoms with Crippen LogP contribution in [0.5, 0.6) is 5.88 Å². The molecule has 2 aliphatic rings. The minimum Gasteiger partial charge on any atom is -0.481 e. The molecule has 1 aliphatic heterocycles. The zero-order valence-electron chi connectivity index (χ0n) is 16.2. The van der Waals surface area contributed by atoms with Crippen LogP contribution in [0.2, 0.25) is 0 Å². The Morgan fingerprint density at radius 3 is 2.71 bits per heavy atom. The lowest BCUT2D eigenvalue weighted by Gasteiger charge is -2.29. The van der Waals surface area contributed by atoms with Gasteiger partial charge in [-0.2, -0.15) is 4.98 Å². The Balaban J connectivity index is 1.68. The number of aromatic nitrogens is 1. The Morgan fingerprint density at radius 2 is 2.11 bits per heavy atom. The van der Waals surface area contributed by atoms with E-state index in [0.717, 1.165) is 19.4 Å². The van der Waals surface area contributed by atoms with E-state index < -0.39 is 11.7 Å². The Bertz CT molecular complexity index is 701. The molecule has 1 saturated heterocycles. The van der Waals surface area contributed by atoms with Crippen molar-refractivity contribution in [3.63, 3.8) is 0 Å². The van der Waals surface area contributed by atoms with Crippen LogP contribution >= 0.6 is 0 Å². The summed E-state index contributed by atoms with van der Waals surface area (Å²) in [4.78, 5) is 18.2. The summed E-state index contributed by atoms with van der Waals surface area (Å²) in [6, 6.07) is 0.825. The number of methoxy groups -OCH3 is 1. The molecule has 1 amide bonds. The Hall–Kier alpha value is -2.03. The number of nitrogens with one attached hydrogen (secondary N) is 2. The maximum atomic E-state index is 14.6. The number of hydrogen-bond donors (Lipinski definition) is 2. The van der Waals surface area contributed by atoms with E-state index in [1.54, 1.807) is 7.05 Å². The van der Waals surface area contributed by atoms with E-state index in [0.29, 0.717) is 5.56 Å². The standard InChI is InChI=1S/C19H27F3N4O2/c1-26(18(27)15-4-3-9-23-15)11-12-10-14(20)16(25-17(12)28-2)24-13-5-7-19(21,22)8-6-13/h10,13,15,23H,3-9,11H2,1-2H3,(H,24,25)/t15-/m0/s1. The van der Waals surface area contributed by atoms with E-state index in [4.69, 9.17) is 4.74 Å². The zero-order chi connectivity index (χ0) is 20.3. The molecular formula is C19H27F3N4O2. The summed E-state index contributed by atoms with van der Waals surface area (Å²) in [5.74, 6) is -3.08. The van der Waals surface area contributed by atoms with Crippen molar-refractivity contribution in [2.45, 2.75) is 63.1 Å². The molecule has 1 saturated carbocycles. The van der Waals surface area contributed by atoms with Gasteiger partial charge in [0.1, 0.15) is 0 Å². The van der Waals surface area contributed by atoms with Crippen LogP contribution in [0.15, 0.2) is 6.07 Å². The second-order valence-electron chi connectivity index (χ2n) is 7.61. The maximum Gasteiger partial charge on any atom is 0.248 e. The number of pyridine rings is 1. The molecule has 0 aromatic carbocycles. The molecule has 2 N–H and O–H groups in total. The highest BCUT2D eigenvalue weighted by molar-refractivity contribution is 5.82. The Morgan fingerprint density at radius 1 is 1.39 bits per heavy atom. The van der Waals surface area contributed by atoms with E-state index in [1.807, 2.05) is 0 Å². The van der Waals surface area contributed by atoms with Crippen molar-refractivity contribution in [2.75, 3.05) is 26.0 Å². The van der Waals surface area contributed by atoms with Crippen molar-refractivity contribution < 1.29 is 22.7 Å². The van der Waals surface area contributed by atoms with Crippen molar-refractivity contribution in [1.82, 2.24) is 15.2 Å². The van der Waals surface area contributed by atoms with Crippen LogP contribution in [-0.4, -0.2) is 54.5 Å². The fourth-order valence-electron chi connectivity index (χ4n) is 3.77. The predicted octanol–water partition coefficient (Wildman–Crippen LogP) is 2.93. The molecule has 0 radical (unpaired) electrons. The van der Waals surface area contributed by atoms with Crippen LogP contribution in [0.4, 0.5) is 19.0 Å². The van der Waals surface area contributed by atoms with Crippen LogP contribution in [0.25, 0.3) is 0 Å². The molecule has 6 nitrogen and oxygen atoms in total. The van der Waals surface area contributed by atoms with Gasteiger partial charge in [-0.25, -0.2) is 13.2 Å². The third-order valence-corrected chi connectivity index (χ3v) is 5.41. The minimum atomic E-state index is -2.64. The molecule has 28 heavy (non-hydrogen) atoms. The van der Waals surface area contributed by atoms with E-state index in [9.17, 15) is 18.0 Å². The summed E-state index contributed by atoms with van der Waals surface area (Å²) in [7, 11) is 3.09. The van der Waals surface area contributed by atoms with Gasteiger partial charge in [-0.1, -0.05) is 0 Å². The quantitative estimate of drug-likeness (QED) is 0.769. The number of halogens is 3. The summed E-state index contributed by atoms with van der Waals surface area (Å²) < 4.78 is 46.4. The number of carbonyl (C=O) groups excluding carboxylic acids is 1. The molecule has 1 aromatic heterocycles. The molecule has 156 valence electrons. The SMILES string of the molecule is COc1nc(NC2CCC(F)(F)CC2)c(F)cc1CN(C)C(=O)[C@@H]1CCCN1. The Labute approximate surface area is 162 Å². The lowest BCUT2D eigenvalue weighted by atomic mass is 9.92. The number of carbonyl (C=O) groups is 1. The van der Waals surface area contributed by atoms with Crippen LogP contribution in [0, 0.1) is 5.82 Å². The largest absolute Gasteiger partial charge is 0.481 e. The van der Waals surface area contributed by atoms with Crippen LogP contribution in [0.3, 0.4) is 0 Å². The number of anilines is 1. The zero-order valence-corrected chi connectivity index (χ0v) is 16.2. The fraction of sp³-hybridized carbons (Fsp3) is 0.684. The molecule has 0 spiro atoms. The lowest BCUT2D eigenvalue weighted by molar-refractivity contribution is -0.132. The topological polar surface area (TPSA) is 66.5 Å². The van der Waals surface area contributed by atoms with Crippen molar-refractivity contribution in [1.29, 1.82) is 0 Å². The first-order chi connectivity index (χ1) is 13.3. The summed E-state index contributed by atoms with van der Waals surface area (Å²) >= 11 is 0. The van der Waals surface area contributed by atoms with Crippen LogP contribution in [-0.2, 0) is 11.3 Å². The van der Waals surface area contributed by atoms with Gasteiger partial charge in [-0.15, -0.1) is 0 Å². The summed E-state index contributed by atoms with van der Waals surface area (Å²) in [5.41, 5.74) is 0.453. The molecule has 3 rings (SSSR count). The van der Waals surface area contributed by atoms with Crippen molar-refractivity contribution in [3.8, 4) is 5.88 Å². The first kappa shape index (κ1) is 20.7. The number of rotatable bonds is 6. The molecule has 1 aromatic rings. The molecule has 0 unspecified atom stereocenters. The van der Waals surface area contributed by atoms with Gasteiger partial charge in [0.2, 0.25) is 17.7 Å². The average Bonchev–Trinajstić information content (AvgIpc) is 3.19. The minimum absolute atomic E-state index is 0.0118. The van der Waals surface area contributed by atoms with Gasteiger partial charge in [0, 0.05) is 31.5 Å². The van der Waals surface area contributed by atoms with Gasteiger partial charge in [0.25, 0.3) is 0 Å². The highest BCUT2D eigenvalue weighted by atomic mass is 19.3. The third kappa shape index (κ3) is 4.87. The molecular weight excluding hydrogens is 373 g/mol. The molecule has 2 heterocycles. The fourth-order valence-corrected chi connectivity index (χ4v) is 3.77. The van der Waals surface area contributed by atoms with Crippen LogP contribution < -0.4 is 15.4 Å². The van der Waals surface area contributed by atoms with E-state index in [1.165, 1.54) is 18.1 Å². The number of hydrogen-bond acceptors (Lipinski definition) is 5. The molecule has 1 aliphatic carbocycles. The van der Waals surface area contributed by atoms with E-state index in [2.05, 4.69) is 15.6 Å². The molecule has 1 atom stereocenters. The van der Waals surface area contributed by atoms with Crippen molar-refractivity contribution in [2.24, 2.45) is 0 Å². The molecule has 9 heteroatoms. The third-order valence-electron chi connectivity index (χ3n) is 5.41. The van der Waals surface area contributed by atoms with Gasteiger partial charge in [-0.05, 0) is 38.3 Å². The number of ether oxygens (including phenoxy) is 1. The number of likely N-dealkylation sites (N-methyl/N-ethyl adjacent to an activating group) is 1. The van der Waals surface area contributed by atoms with Gasteiger partial charge in [-0.3, -0.25) is 4.79 Å². The number of nitrogens with zero attached hydrogens (tertiary/aromatic N) is 2. The van der Waals surface area contributed by atoms with Gasteiger partial charge in [0.05, 0.1) is 19.7 Å². The van der Waals surface area contributed by atoms with Crippen LogP contribution in [0.1, 0.15) is 44.1 Å². The normalized spacial score (nSPS) is 22.1. The summed E-state index contributed by atoms with van der Waals surface area (Å²) in [5, 5.41) is 6.07. The van der Waals surface area contributed by atoms with Gasteiger partial charge >= 0.3 is 0 Å². The second kappa shape index (κ2) is 8.55. The highest BCUT2D eigenvalue weighted by Crippen LogP contribution is 2.34. The maximum absolute atomic E-state index is 14.6. The second-order valence-corrected chi connectivity index (χ2v) is 7.61. The first-order valence-electron chi connectivity index (χ1n) is 9.65.